The molecule has 1 aliphatic carbocycles. The molecule has 0 aliphatic heterocycles. The van der Waals surface area contributed by atoms with Crippen LogP contribution in [0.4, 0.5) is 0 Å². The molecular formula is C29H34N6O6. The average Bonchev–Trinajstić information content (AvgIpc) is 3.76. The first kappa shape index (κ1) is 27.9. The first-order valence-corrected chi connectivity index (χ1v) is 13.6. The number of nitrogens with one attached hydrogen (secondary N) is 1. The Bertz CT molecular complexity index is 1460. The second-order valence-electron chi connectivity index (χ2n) is 10.0. The summed E-state index contributed by atoms with van der Waals surface area (Å²) in [6, 6.07) is 11.3. The lowest BCUT2D eigenvalue weighted by Crippen LogP contribution is -2.47. The number of benzene rings is 1. The highest BCUT2D eigenvalue weighted by Crippen LogP contribution is 2.31. The van der Waals surface area contributed by atoms with Crippen LogP contribution in [0.5, 0.6) is 11.5 Å². The number of carbonyl (C=O) groups is 2. The van der Waals surface area contributed by atoms with Crippen molar-refractivity contribution in [1.82, 2.24) is 30.4 Å². The van der Waals surface area contributed by atoms with Gasteiger partial charge in [0.05, 0.1) is 27.0 Å². The molecular weight excluding hydrogens is 528 g/mol. The molecule has 41 heavy (non-hydrogen) atoms. The number of nitrogens with zero attached hydrogens (tertiary/aromatic N) is 5. The number of carbonyl (C=O) groups excluding carboxylic acids is 2. The Balaban J connectivity index is 1.42. The summed E-state index contributed by atoms with van der Waals surface area (Å²) in [4.78, 5) is 30.3. The molecule has 1 saturated carbocycles. The smallest absolute Gasteiger partial charge is 0.250 e. The van der Waals surface area contributed by atoms with Gasteiger partial charge < -0.3 is 28.5 Å². The van der Waals surface area contributed by atoms with Gasteiger partial charge in [-0.3, -0.25) is 9.59 Å². The van der Waals surface area contributed by atoms with E-state index in [1.165, 1.54) is 16.0 Å². The maximum Gasteiger partial charge on any atom is 0.250 e. The van der Waals surface area contributed by atoms with Gasteiger partial charge in [-0.05, 0) is 67.4 Å². The summed E-state index contributed by atoms with van der Waals surface area (Å²) in [6.45, 7) is 1.59. The van der Waals surface area contributed by atoms with Crippen molar-refractivity contribution >= 4 is 11.8 Å². The Morgan fingerprint density at radius 1 is 1.10 bits per heavy atom. The van der Waals surface area contributed by atoms with Crippen molar-refractivity contribution in [3.05, 3.63) is 66.0 Å². The van der Waals surface area contributed by atoms with E-state index in [1.54, 1.807) is 63.6 Å². The molecule has 1 N–H and O–H groups in total. The lowest BCUT2D eigenvalue weighted by molar-refractivity contribution is -0.143. The summed E-state index contributed by atoms with van der Waals surface area (Å²) in [5, 5.41) is 15.8. The standard InChI is InChI=1S/C29H34N6O6/c1-19-11-13-24(41-19)27(29(37)30-21-8-5-4-6-9-21)34(17-22-10-7-15-40-22)26(36)18-35-32-28(31-33-35)20-12-14-23(38-2)25(16-20)39-3/h7,10-16,21,27H,4-6,8-9,17-18H2,1-3H3,(H,30,37)/t27-/m0/s1. The topological polar surface area (TPSA) is 138 Å². The van der Waals surface area contributed by atoms with E-state index in [0.29, 0.717) is 40.2 Å². The predicted octanol–water partition coefficient (Wildman–Crippen LogP) is 4.07. The lowest BCUT2D eigenvalue weighted by atomic mass is 9.95. The number of hydrogen-bond acceptors (Lipinski definition) is 9. The van der Waals surface area contributed by atoms with Crippen molar-refractivity contribution in [2.24, 2.45) is 0 Å². The molecule has 1 atom stereocenters. The average molecular weight is 563 g/mol. The van der Waals surface area contributed by atoms with Gasteiger partial charge in [0.25, 0.3) is 5.91 Å². The second-order valence-corrected chi connectivity index (χ2v) is 10.0. The second kappa shape index (κ2) is 12.7. The number of methoxy groups -OCH3 is 2. The van der Waals surface area contributed by atoms with E-state index in [4.69, 9.17) is 18.3 Å². The highest BCUT2D eigenvalue weighted by atomic mass is 16.5. The minimum absolute atomic E-state index is 0.0472. The van der Waals surface area contributed by atoms with Crippen molar-refractivity contribution in [3.8, 4) is 22.9 Å². The zero-order valence-electron chi connectivity index (χ0n) is 23.4. The molecule has 2 amide bonds. The summed E-state index contributed by atoms with van der Waals surface area (Å²) in [5.74, 6) is 2.21. The summed E-state index contributed by atoms with van der Waals surface area (Å²) >= 11 is 0. The highest BCUT2D eigenvalue weighted by molar-refractivity contribution is 5.88. The van der Waals surface area contributed by atoms with Crippen molar-refractivity contribution in [2.75, 3.05) is 14.2 Å². The van der Waals surface area contributed by atoms with Crippen LogP contribution in [0.25, 0.3) is 11.4 Å². The minimum Gasteiger partial charge on any atom is -0.493 e. The van der Waals surface area contributed by atoms with Gasteiger partial charge in [-0.25, -0.2) is 0 Å². The molecule has 3 heterocycles. The molecule has 3 aromatic heterocycles. The number of aromatic nitrogens is 4. The number of tetrazole rings is 1. The maximum absolute atomic E-state index is 13.9. The van der Waals surface area contributed by atoms with E-state index in [-0.39, 0.29) is 25.0 Å². The third kappa shape index (κ3) is 6.59. The third-order valence-electron chi connectivity index (χ3n) is 7.14. The van der Waals surface area contributed by atoms with Crippen LogP contribution >= 0.6 is 0 Å². The maximum atomic E-state index is 13.9. The van der Waals surface area contributed by atoms with E-state index in [2.05, 4.69) is 20.7 Å². The molecule has 5 rings (SSSR count). The van der Waals surface area contributed by atoms with Crippen LogP contribution in [-0.4, -0.2) is 57.2 Å². The Morgan fingerprint density at radius 2 is 1.90 bits per heavy atom. The largest absolute Gasteiger partial charge is 0.493 e. The van der Waals surface area contributed by atoms with Crippen LogP contribution in [0.3, 0.4) is 0 Å². The molecule has 1 fully saturated rings. The molecule has 0 saturated heterocycles. The van der Waals surface area contributed by atoms with Gasteiger partial charge in [-0.1, -0.05) is 19.3 Å². The highest BCUT2D eigenvalue weighted by Gasteiger charge is 2.36. The van der Waals surface area contributed by atoms with E-state index in [9.17, 15) is 9.59 Å². The molecule has 12 heteroatoms. The minimum atomic E-state index is -1.02. The van der Waals surface area contributed by atoms with E-state index in [0.717, 1.165) is 32.1 Å². The van der Waals surface area contributed by atoms with Crippen LogP contribution in [0.15, 0.2) is 57.6 Å². The number of amides is 2. The zero-order chi connectivity index (χ0) is 28.8. The Morgan fingerprint density at radius 3 is 2.59 bits per heavy atom. The van der Waals surface area contributed by atoms with Crippen molar-refractivity contribution < 1.29 is 27.9 Å². The molecule has 4 aromatic rings. The summed E-state index contributed by atoms with van der Waals surface area (Å²) < 4.78 is 22.1. The summed E-state index contributed by atoms with van der Waals surface area (Å²) in [6.07, 6.45) is 6.62. The lowest BCUT2D eigenvalue weighted by Gasteiger charge is -2.31. The fraction of sp³-hybridized carbons (Fsp3) is 0.414. The molecule has 12 nitrogen and oxygen atoms in total. The van der Waals surface area contributed by atoms with Gasteiger partial charge in [-0.2, -0.15) is 4.80 Å². The number of ether oxygens (including phenoxy) is 2. The fourth-order valence-corrected chi connectivity index (χ4v) is 5.06. The van der Waals surface area contributed by atoms with Crippen molar-refractivity contribution in [1.29, 1.82) is 0 Å². The van der Waals surface area contributed by atoms with Crippen LogP contribution in [0.2, 0.25) is 0 Å². The Hall–Kier alpha value is -4.61. The zero-order valence-corrected chi connectivity index (χ0v) is 23.4. The van der Waals surface area contributed by atoms with Gasteiger partial charge in [-0.15, -0.1) is 10.2 Å². The van der Waals surface area contributed by atoms with Gasteiger partial charge in [0, 0.05) is 11.6 Å². The molecule has 0 spiro atoms. The van der Waals surface area contributed by atoms with Crippen molar-refractivity contribution in [2.45, 2.75) is 64.2 Å². The first-order chi connectivity index (χ1) is 19.9. The quantitative estimate of drug-likeness (QED) is 0.287. The molecule has 1 aromatic carbocycles. The van der Waals surface area contributed by atoms with Crippen LogP contribution in [0, 0.1) is 6.92 Å². The number of furan rings is 2. The van der Waals surface area contributed by atoms with Crippen molar-refractivity contribution in [3.63, 3.8) is 0 Å². The Labute approximate surface area is 237 Å². The SMILES string of the molecule is COc1ccc(-c2nnn(CC(=O)N(Cc3ccco3)[C@H](C(=O)NC3CCCCC3)c3ccc(C)o3)n2)cc1OC. The van der Waals surface area contributed by atoms with Crippen LogP contribution < -0.4 is 14.8 Å². The van der Waals surface area contributed by atoms with E-state index < -0.39 is 11.9 Å². The number of hydrogen-bond donors (Lipinski definition) is 1. The molecule has 0 unspecified atom stereocenters. The van der Waals surface area contributed by atoms with E-state index in [1.807, 2.05) is 0 Å². The molecule has 1 aliphatic rings. The summed E-state index contributed by atoms with van der Waals surface area (Å²) in [5.41, 5.74) is 0.643. The van der Waals surface area contributed by atoms with Crippen LogP contribution in [-0.2, 0) is 22.7 Å². The van der Waals surface area contributed by atoms with Gasteiger partial charge in [0.15, 0.2) is 17.5 Å². The third-order valence-corrected chi connectivity index (χ3v) is 7.14. The molecule has 0 radical (unpaired) electrons. The number of rotatable bonds is 11. The predicted molar refractivity (Wildman–Crippen MR) is 147 cm³/mol. The number of aryl methyl sites for hydroxylation is 1. The fourth-order valence-electron chi connectivity index (χ4n) is 5.06. The van der Waals surface area contributed by atoms with Crippen LogP contribution in [0.1, 0.15) is 55.4 Å². The molecule has 216 valence electrons. The van der Waals surface area contributed by atoms with E-state index >= 15 is 0 Å². The molecule has 0 bridgehead atoms. The first-order valence-electron chi connectivity index (χ1n) is 13.6. The Kier molecular flexibility index (Phi) is 8.66. The van der Waals surface area contributed by atoms with Gasteiger partial charge >= 0.3 is 0 Å². The van der Waals surface area contributed by atoms with Gasteiger partial charge in [0.1, 0.15) is 23.8 Å². The monoisotopic (exact) mass is 562 g/mol. The van der Waals surface area contributed by atoms with Gasteiger partial charge in [0.2, 0.25) is 11.7 Å². The summed E-state index contributed by atoms with van der Waals surface area (Å²) in [7, 11) is 3.10. The normalized spacial score (nSPS) is 14.4.